The molecule has 2 aromatic carbocycles. The average Bonchev–Trinajstić information content (AvgIpc) is 3.59. The molecule has 1 N–H and O–H groups in total. The minimum absolute atomic E-state index is 0.0432. The second-order valence-electron chi connectivity index (χ2n) is 11.4. The van der Waals surface area contributed by atoms with Crippen LogP contribution in [0.2, 0.25) is 0 Å². The number of furan rings is 1. The quantitative estimate of drug-likeness (QED) is 0.273. The maximum Gasteiger partial charge on any atom is 0.320 e. The highest BCUT2D eigenvalue weighted by Gasteiger charge is 2.59. The van der Waals surface area contributed by atoms with E-state index in [-0.39, 0.29) is 44.4 Å². The number of carbonyl (C=O) groups excluding carboxylic acids is 3. The third-order valence-electron chi connectivity index (χ3n) is 8.55. The summed E-state index contributed by atoms with van der Waals surface area (Å²) in [5.41, 5.74) is 0.947. The van der Waals surface area contributed by atoms with Crippen LogP contribution < -0.4 is 14.8 Å². The lowest BCUT2D eigenvalue weighted by Gasteiger charge is -2.51. The van der Waals surface area contributed by atoms with Crippen molar-refractivity contribution in [2.45, 2.75) is 51.7 Å². The molecule has 244 valence electrons. The van der Waals surface area contributed by atoms with Crippen LogP contribution >= 0.6 is 0 Å². The average molecular weight is 633 g/mol. The highest BCUT2D eigenvalue weighted by molar-refractivity contribution is 5.92. The van der Waals surface area contributed by atoms with E-state index in [0.717, 1.165) is 11.1 Å². The fraction of sp³-hybridized carbons (Fsp3) is 0.400. The predicted octanol–water partition coefficient (Wildman–Crippen LogP) is 4.40. The van der Waals surface area contributed by atoms with Gasteiger partial charge in [-0.3, -0.25) is 14.4 Å². The van der Waals surface area contributed by atoms with Crippen LogP contribution in [0.4, 0.5) is 0 Å². The fourth-order valence-corrected chi connectivity index (χ4v) is 6.23. The molecule has 0 unspecified atom stereocenters. The zero-order valence-corrected chi connectivity index (χ0v) is 26.5. The molecule has 4 atom stereocenters. The number of piperidine rings is 1. The Morgan fingerprint density at radius 2 is 1.78 bits per heavy atom. The van der Waals surface area contributed by atoms with Crippen molar-refractivity contribution >= 4 is 17.8 Å². The maximum atomic E-state index is 14.1. The molecule has 0 saturated carbocycles. The molecule has 0 spiro atoms. The number of rotatable bonds is 13. The summed E-state index contributed by atoms with van der Waals surface area (Å²) < 4.78 is 33.9. The number of likely N-dealkylation sites (tertiary alicyclic amines) is 1. The van der Waals surface area contributed by atoms with Gasteiger partial charge in [-0.1, -0.05) is 36.4 Å². The number of hydrogen-bond acceptors (Lipinski definition) is 9. The molecule has 0 radical (unpaired) electrons. The van der Waals surface area contributed by atoms with Crippen LogP contribution in [0.1, 0.15) is 36.7 Å². The normalized spacial score (nSPS) is 22.4. The Hall–Kier alpha value is -4.61. The zero-order valence-electron chi connectivity index (χ0n) is 26.5. The molecule has 0 bridgehead atoms. The molecule has 1 aromatic heterocycles. The van der Waals surface area contributed by atoms with Crippen molar-refractivity contribution in [2.24, 2.45) is 11.3 Å². The van der Waals surface area contributed by atoms with Gasteiger partial charge in [0, 0.05) is 24.6 Å². The third-order valence-corrected chi connectivity index (χ3v) is 8.55. The summed E-state index contributed by atoms with van der Waals surface area (Å²) in [4.78, 5) is 42.6. The Kier molecular flexibility index (Phi) is 10.4. The van der Waals surface area contributed by atoms with Gasteiger partial charge in [0.1, 0.15) is 17.3 Å². The van der Waals surface area contributed by atoms with E-state index in [4.69, 9.17) is 28.1 Å². The molecule has 11 heteroatoms. The molecule has 5 rings (SSSR count). The summed E-state index contributed by atoms with van der Waals surface area (Å²) in [5, 5.41) is 2.90. The molecular weight excluding hydrogens is 592 g/mol. The number of benzene rings is 2. The van der Waals surface area contributed by atoms with Gasteiger partial charge in [-0.2, -0.15) is 0 Å². The van der Waals surface area contributed by atoms with Gasteiger partial charge in [0.2, 0.25) is 11.8 Å². The highest BCUT2D eigenvalue weighted by Crippen LogP contribution is 2.50. The number of carbonyl (C=O) groups is 3. The summed E-state index contributed by atoms with van der Waals surface area (Å²) in [7, 11) is 4.41. The number of amides is 2. The summed E-state index contributed by atoms with van der Waals surface area (Å²) >= 11 is 0. The van der Waals surface area contributed by atoms with Crippen LogP contribution in [0.5, 0.6) is 11.5 Å². The molecular formula is C35H40N2O9. The number of nitrogens with one attached hydrogen (secondary N) is 1. The van der Waals surface area contributed by atoms with E-state index in [1.807, 2.05) is 36.4 Å². The number of methoxy groups -OCH3 is 3. The van der Waals surface area contributed by atoms with Crippen LogP contribution in [0.25, 0.3) is 0 Å². The van der Waals surface area contributed by atoms with Crippen molar-refractivity contribution in [1.82, 2.24) is 10.2 Å². The summed E-state index contributed by atoms with van der Waals surface area (Å²) in [6.07, 6.45) is 1.99. The Morgan fingerprint density at radius 3 is 2.48 bits per heavy atom. The van der Waals surface area contributed by atoms with Crippen molar-refractivity contribution in [2.75, 3.05) is 27.9 Å². The Bertz CT molecular complexity index is 1540. The van der Waals surface area contributed by atoms with E-state index in [1.165, 1.54) is 18.3 Å². The molecule has 3 heterocycles. The Labute approximate surface area is 268 Å². The van der Waals surface area contributed by atoms with Crippen LogP contribution in [0.3, 0.4) is 0 Å². The van der Waals surface area contributed by atoms with Gasteiger partial charge < -0.3 is 38.3 Å². The third kappa shape index (κ3) is 6.95. The molecule has 11 nitrogen and oxygen atoms in total. The molecule has 2 amide bonds. The predicted molar refractivity (Wildman–Crippen MR) is 166 cm³/mol. The second kappa shape index (κ2) is 14.7. The molecule has 2 aliphatic rings. The van der Waals surface area contributed by atoms with E-state index in [1.54, 1.807) is 51.5 Å². The van der Waals surface area contributed by atoms with E-state index in [9.17, 15) is 14.4 Å². The Morgan fingerprint density at radius 1 is 1.00 bits per heavy atom. The van der Waals surface area contributed by atoms with Crippen molar-refractivity contribution in [3.05, 3.63) is 95.6 Å². The van der Waals surface area contributed by atoms with Gasteiger partial charge >= 0.3 is 5.97 Å². The second-order valence-corrected chi connectivity index (χ2v) is 11.4. The fourth-order valence-electron chi connectivity index (χ4n) is 6.23. The van der Waals surface area contributed by atoms with Crippen molar-refractivity contribution in [3.8, 4) is 11.5 Å². The van der Waals surface area contributed by atoms with E-state index in [0.29, 0.717) is 29.6 Å². The van der Waals surface area contributed by atoms with E-state index >= 15 is 0 Å². The van der Waals surface area contributed by atoms with Crippen LogP contribution in [0, 0.1) is 11.3 Å². The standard InChI is InChI=1S/C35H40N2O9/c1-23-35(34(40)43-4)18-26(16-32(38)36-19-25-12-13-29(41-2)30(15-25)42-3)33(39)37(20-27-11-8-14-45-27)31(35)17-28(46-23)22-44-21-24-9-6-5-7-10-24/h5-15,17,23,26,28H,16,18-22H2,1-4H3,(H,36,38)/t23-,26+,28-,35+/m1/s1. The van der Waals surface area contributed by atoms with Gasteiger partial charge in [-0.05, 0) is 54.8 Å². The summed E-state index contributed by atoms with van der Waals surface area (Å²) in [6.45, 7) is 2.68. The van der Waals surface area contributed by atoms with Gasteiger partial charge in [0.15, 0.2) is 11.5 Å². The molecule has 0 aliphatic carbocycles. The summed E-state index contributed by atoms with van der Waals surface area (Å²) in [6, 6.07) is 18.6. The van der Waals surface area contributed by atoms with Crippen molar-refractivity contribution in [3.63, 3.8) is 0 Å². The minimum Gasteiger partial charge on any atom is -0.493 e. The lowest BCUT2D eigenvalue weighted by Crippen LogP contribution is -2.60. The minimum atomic E-state index is -1.33. The highest BCUT2D eigenvalue weighted by atomic mass is 16.6. The van der Waals surface area contributed by atoms with Gasteiger partial charge in [0.05, 0.1) is 53.5 Å². The first-order chi connectivity index (χ1) is 22.3. The monoisotopic (exact) mass is 632 g/mol. The maximum absolute atomic E-state index is 14.1. The van der Waals surface area contributed by atoms with Gasteiger partial charge in [-0.25, -0.2) is 0 Å². The van der Waals surface area contributed by atoms with Crippen LogP contribution in [-0.2, 0) is 48.3 Å². The number of nitrogens with zero attached hydrogens (tertiary/aromatic N) is 1. The molecule has 46 heavy (non-hydrogen) atoms. The lowest BCUT2D eigenvalue weighted by molar-refractivity contribution is -0.178. The molecule has 1 fully saturated rings. The first-order valence-electron chi connectivity index (χ1n) is 15.2. The first-order valence-corrected chi connectivity index (χ1v) is 15.2. The molecule has 2 aliphatic heterocycles. The SMILES string of the molecule is COC(=O)[C@]12C[C@H](CC(=O)NCc3ccc(OC)c(OC)c3)C(=O)N(Cc3ccco3)C1=C[C@H](COCc1ccccc1)O[C@@H]2C. The van der Waals surface area contributed by atoms with Crippen LogP contribution in [0.15, 0.2) is 83.1 Å². The lowest BCUT2D eigenvalue weighted by atomic mass is 9.66. The van der Waals surface area contributed by atoms with Crippen LogP contribution in [-0.4, -0.2) is 62.8 Å². The topological polar surface area (TPSA) is 126 Å². The molecule has 1 saturated heterocycles. The smallest absolute Gasteiger partial charge is 0.320 e. The number of fused-ring (bicyclic) bond motifs is 1. The van der Waals surface area contributed by atoms with Crippen molar-refractivity contribution < 1.29 is 42.5 Å². The summed E-state index contributed by atoms with van der Waals surface area (Å²) in [5.74, 6) is -0.345. The van der Waals surface area contributed by atoms with E-state index < -0.39 is 29.5 Å². The first kappa shape index (κ1) is 32.8. The molecule has 3 aromatic rings. The van der Waals surface area contributed by atoms with Crippen molar-refractivity contribution in [1.29, 1.82) is 0 Å². The number of esters is 1. The number of ether oxygens (including phenoxy) is 5. The van der Waals surface area contributed by atoms with Gasteiger partial charge in [-0.15, -0.1) is 0 Å². The Balaban J connectivity index is 1.38. The van der Waals surface area contributed by atoms with Gasteiger partial charge in [0.25, 0.3) is 0 Å². The zero-order chi connectivity index (χ0) is 32.7. The van der Waals surface area contributed by atoms with E-state index in [2.05, 4.69) is 5.32 Å². The number of hydrogen-bond donors (Lipinski definition) is 1. The largest absolute Gasteiger partial charge is 0.493 e.